The summed E-state index contributed by atoms with van der Waals surface area (Å²) >= 11 is 1.26. The average Bonchev–Trinajstić information content (AvgIpc) is 3.06. The minimum atomic E-state index is -0.864. The zero-order chi connectivity index (χ0) is 18.1. The number of amides is 2. The minimum absolute atomic E-state index is 0.0247. The van der Waals surface area contributed by atoms with Crippen LogP contribution in [0, 0.1) is 11.6 Å². The van der Waals surface area contributed by atoms with Gasteiger partial charge in [-0.15, -0.1) is 0 Å². The molecule has 0 bridgehead atoms. The van der Waals surface area contributed by atoms with E-state index in [-0.39, 0.29) is 11.9 Å². The smallest absolute Gasteiger partial charge is 0.323 e. The second-order valence-corrected chi connectivity index (χ2v) is 7.07. The van der Waals surface area contributed by atoms with Crippen LogP contribution in [0.5, 0.6) is 0 Å². The van der Waals surface area contributed by atoms with Crippen LogP contribution in [-0.2, 0) is 0 Å². The Labute approximate surface area is 151 Å². The van der Waals surface area contributed by atoms with E-state index in [0.29, 0.717) is 34.3 Å². The van der Waals surface area contributed by atoms with Crippen molar-refractivity contribution in [2.24, 2.45) is 0 Å². The van der Waals surface area contributed by atoms with Crippen molar-refractivity contribution in [3.05, 3.63) is 47.8 Å². The SMILES string of the molecule is O=C(Nc1nc2nccnc2s1)N1CCCC(c2ccc(F)c(F)c2)C1. The number of nitrogens with one attached hydrogen (secondary N) is 1. The fourth-order valence-corrected chi connectivity index (χ4v) is 3.86. The first-order valence-corrected chi connectivity index (χ1v) is 9.00. The second kappa shape index (κ2) is 6.91. The number of hydrogen-bond donors (Lipinski definition) is 1. The topological polar surface area (TPSA) is 71.0 Å². The Morgan fingerprint density at radius 1 is 1.23 bits per heavy atom. The molecular weight excluding hydrogens is 360 g/mol. The zero-order valence-electron chi connectivity index (χ0n) is 13.7. The second-order valence-electron chi connectivity index (χ2n) is 6.09. The van der Waals surface area contributed by atoms with Crippen LogP contribution in [0.1, 0.15) is 24.3 Å². The van der Waals surface area contributed by atoms with E-state index in [0.717, 1.165) is 18.9 Å². The van der Waals surface area contributed by atoms with Gasteiger partial charge in [0.15, 0.2) is 27.2 Å². The number of benzene rings is 1. The van der Waals surface area contributed by atoms with Crippen molar-refractivity contribution in [1.82, 2.24) is 19.9 Å². The molecule has 26 heavy (non-hydrogen) atoms. The maximum absolute atomic E-state index is 13.5. The van der Waals surface area contributed by atoms with Gasteiger partial charge in [-0.1, -0.05) is 17.4 Å². The van der Waals surface area contributed by atoms with Crippen molar-refractivity contribution < 1.29 is 13.6 Å². The molecule has 0 aliphatic carbocycles. The molecule has 4 rings (SSSR count). The fraction of sp³-hybridized carbons (Fsp3) is 0.294. The lowest BCUT2D eigenvalue weighted by atomic mass is 9.90. The summed E-state index contributed by atoms with van der Waals surface area (Å²) in [6.45, 7) is 1.05. The number of halogens is 2. The number of rotatable bonds is 2. The highest BCUT2D eigenvalue weighted by molar-refractivity contribution is 7.21. The molecule has 3 aromatic rings. The van der Waals surface area contributed by atoms with Gasteiger partial charge in [0, 0.05) is 31.4 Å². The number of carbonyl (C=O) groups excluding carboxylic acids is 1. The molecule has 3 heterocycles. The molecule has 1 fully saturated rings. The van der Waals surface area contributed by atoms with Gasteiger partial charge in [-0.3, -0.25) is 5.32 Å². The third-order valence-corrected chi connectivity index (χ3v) is 5.25. The maximum atomic E-state index is 13.5. The van der Waals surface area contributed by atoms with Gasteiger partial charge in [0.05, 0.1) is 0 Å². The summed E-state index contributed by atoms with van der Waals surface area (Å²) in [4.78, 5) is 27.4. The fourth-order valence-electron chi connectivity index (χ4n) is 3.10. The van der Waals surface area contributed by atoms with Crippen LogP contribution >= 0.6 is 11.3 Å². The highest BCUT2D eigenvalue weighted by Crippen LogP contribution is 2.29. The molecule has 0 saturated carbocycles. The number of nitrogens with zero attached hydrogens (tertiary/aromatic N) is 4. The lowest BCUT2D eigenvalue weighted by Gasteiger charge is -2.32. The average molecular weight is 375 g/mol. The Kier molecular flexibility index (Phi) is 4.46. The number of fused-ring (bicyclic) bond motifs is 1. The first kappa shape index (κ1) is 16.8. The lowest BCUT2D eigenvalue weighted by Crippen LogP contribution is -2.41. The van der Waals surface area contributed by atoms with Gasteiger partial charge in [0.25, 0.3) is 0 Å². The molecule has 2 aromatic heterocycles. The molecule has 1 aromatic carbocycles. The maximum Gasteiger partial charge on any atom is 0.323 e. The van der Waals surface area contributed by atoms with E-state index in [9.17, 15) is 13.6 Å². The standard InChI is InChI=1S/C17H15F2N5OS/c18-12-4-3-10(8-13(12)19)11-2-1-7-24(9-11)17(25)23-16-22-14-15(26-16)21-6-5-20-14/h3-6,8,11H,1-2,7,9H2,(H,20,22,23,25). The third-order valence-electron chi connectivity index (χ3n) is 4.38. The molecule has 2 amide bonds. The molecule has 1 aliphatic heterocycles. The Bertz CT molecular complexity index is 930. The molecule has 0 spiro atoms. The summed E-state index contributed by atoms with van der Waals surface area (Å²) in [7, 11) is 0. The molecule has 0 radical (unpaired) electrons. The van der Waals surface area contributed by atoms with E-state index in [1.165, 1.54) is 17.4 Å². The first-order valence-electron chi connectivity index (χ1n) is 8.18. The van der Waals surface area contributed by atoms with Gasteiger partial charge in [-0.05, 0) is 30.5 Å². The molecule has 9 heteroatoms. The van der Waals surface area contributed by atoms with Crippen molar-refractivity contribution in [3.8, 4) is 0 Å². The van der Waals surface area contributed by atoms with Crippen LogP contribution in [0.25, 0.3) is 10.5 Å². The summed E-state index contributed by atoms with van der Waals surface area (Å²) in [6.07, 6.45) is 4.73. The summed E-state index contributed by atoms with van der Waals surface area (Å²) in [5.74, 6) is -1.75. The van der Waals surface area contributed by atoms with Crippen molar-refractivity contribution >= 4 is 33.0 Å². The monoisotopic (exact) mass is 375 g/mol. The number of thiazole rings is 1. The first-order chi connectivity index (χ1) is 12.6. The Balaban J connectivity index is 1.46. The van der Waals surface area contributed by atoms with Crippen LogP contribution in [-0.4, -0.2) is 39.0 Å². The van der Waals surface area contributed by atoms with Crippen LogP contribution in [0.4, 0.5) is 18.7 Å². The van der Waals surface area contributed by atoms with Gasteiger partial charge in [0.2, 0.25) is 0 Å². The van der Waals surface area contributed by atoms with E-state index >= 15 is 0 Å². The van der Waals surface area contributed by atoms with Gasteiger partial charge < -0.3 is 4.90 Å². The third kappa shape index (κ3) is 3.34. The van der Waals surface area contributed by atoms with E-state index in [1.807, 2.05) is 0 Å². The van der Waals surface area contributed by atoms with Crippen LogP contribution < -0.4 is 5.32 Å². The van der Waals surface area contributed by atoms with E-state index < -0.39 is 11.6 Å². The predicted octanol–water partition coefficient (Wildman–Crippen LogP) is 3.78. The summed E-state index contributed by atoms with van der Waals surface area (Å²) in [5, 5.41) is 3.21. The summed E-state index contributed by atoms with van der Waals surface area (Å²) < 4.78 is 26.6. The van der Waals surface area contributed by atoms with Crippen molar-refractivity contribution in [2.45, 2.75) is 18.8 Å². The summed E-state index contributed by atoms with van der Waals surface area (Å²) in [5.41, 5.74) is 1.20. The van der Waals surface area contributed by atoms with Crippen LogP contribution in [0.15, 0.2) is 30.6 Å². The van der Waals surface area contributed by atoms with Gasteiger partial charge in [-0.25, -0.2) is 23.5 Å². The summed E-state index contributed by atoms with van der Waals surface area (Å²) in [6, 6.07) is 3.66. The number of anilines is 1. The van der Waals surface area contributed by atoms with Crippen molar-refractivity contribution in [1.29, 1.82) is 0 Å². The molecule has 6 nitrogen and oxygen atoms in total. The molecule has 1 unspecified atom stereocenters. The number of piperidine rings is 1. The normalized spacial score (nSPS) is 17.5. The molecular formula is C17H15F2N5OS. The van der Waals surface area contributed by atoms with E-state index in [1.54, 1.807) is 23.4 Å². The lowest BCUT2D eigenvalue weighted by molar-refractivity contribution is 0.192. The van der Waals surface area contributed by atoms with Crippen LogP contribution in [0.3, 0.4) is 0 Å². The zero-order valence-corrected chi connectivity index (χ0v) is 14.5. The van der Waals surface area contributed by atoms with Gasteiger partial charge in [-0.2, -0.15) is 4.98 Å². The Hall–Kier alpha value is -2.68. The van der Waals surface area contributed by atoms with Crippen LogP contribution in [0.2, 0.25) is 0 Å². The molecule has 1 saturated heterocycles. The highest BCUT2D eigenvalue weighted by atomic mass is 32.1. The number of likely N-dealkylation sites (tertiary alicyclic amines) is 1. The van der Waals surface area contributed by atoms with Crippen molar-refractivity contribution in [2.75, 3.05) is 18.4 Å². The van der Waals surface area contributed by atoms with Gasteiger partial charge in [0.1, 0.15) is 0 Å². The molecule has 1 atom stereocenters. The quantitative estimate of drug-likeness (QED) is 0.740. The number of carbonyl (C=O) groups is 1. The Morgan fingerprint density at radius 2 is 2.08 bits per heavy atom. The number of aromatic nitrogens is 3. The largest absolute Gasteiger partial charge is 0.324 e. The minimum Gasteiger partial charge on any atom is -0.324 e. The number of urea groups is 1. The van der Waals surface area contributed by atoms with Crippen molar-refractivity contribution in [3.63, 3.8) is 0 Å². The molecule has 1 N–H and O–H groups in total. The van der Waals surface area contributed by atoms with E-state index in [4.69, 9.17) is 0 Å². The number of hydrogen-bond acceptors (Lipinski definition) is 5. The Morgan fingerprint density at radius 3 is 2.88 bits per heavy atom. The van der Waals surface area contributed by atoms with E-state index in [2.05, 4.69) is 20.3 Å². The highest BCUT2D eigenvalue weighted by Gasteiger charge is 2.26. The predicted molar refractivity (Wildman–Crippen MR) is 94.1 cm³/mol. The molecule has 1 aliphatic rings. The molecule has 134 valence electrons. The van der Waals surface area contributed by atoms with Gasteiger partial charge >= 0.3 is 6.03 Å².